The average molecular weight is 415 g/mol. The van der Waals surface area contributed by atoms with Crippen molar-refractivity contribution in [3.8, 4) is 17.2 Å². The predicted molar refractivity (Wildman–Crippen MR) is 114 cm³/mol. The zero-order chi connectivity index (χ0) is 21.9. The summed E-state index contributed by atoms with van der Waals surface area (Å²) < 4.78 is 16.5. The van der Waals surface area contributed by atoms with Crippen LogP contribution in [0.1, 0.15) is 28.4 Å². The number of benzene rings is 2. The summed E-state index contributed by atoms with van der Waals surface area (Å²) in [4.78, 5) is 17.0. The number of carbonyl (C=O) groups excluding carboxylic acids is 1. The number of hydrogen-bond acceptors (Lipinski definition) is 6. The Morgan fingerprint density at radius 1 is 1.20 bits per heavy atom. The Kier molecular flexibility index (Phi) is 6.53. The number of hydrogen-bond donors (Lipinski definition) is 1. The SMILES string of the molecule is COc1ccc(OC)c(C(=O)N2CCOc3ccc(C(C)(O)CN(C)C)cc3C2)c1. The van der Waals surface area contributed by atoms with E-state index in [1.807, 2.05) is 37.2 Å². The Morgan fingerprint density at radius 3 is 2.63 bits per heavy atom. The van der Waals surface area contributed by atoms with Crippen LogP contribution in [0.25, 0.3) is 0 Å². The van der Waals surface area contributed by atoms with E-state index in [1.54, 1.807) is 44.2 Å². The van der Waals surface area contributed by atoms with E-state index in [0.717, 1.165) is 16.9 Å². The summed E-state index contributed by atoms with van der Waals surface area (Å²) in [6, 6.07) is 10.8. The molecule has 1 heterocycles. The lowest BCUT2D eigenvalue weighted by molar-refractivity contribution is 0.0299. The van der Waals surface area contributed by atoms with Gasteiger partial charge in [0.1, 0.15) is 23.9 Å². The van der Waals surface area contributed by atoms with Gasteiger partial charge < -0.3 is 29.1 Å². The smallest absolute Gasteiger partial charge is 0.258 e. The summed E-state index contributed by atoms with van der Waals surface area (Å²) in [5.41, 5.74) is 1.07. The Balaban J connectivity index is 1.91. The number of methoxy groups -OCH3 is 2. The van der Waals surface area contributed by atoms with Crippen molar-refractivity contribution in [1.29, 1.82) is 0 Å². The molecule has 162 valence electrons. The first kappa shape index (κ1) is 21.9. The largest absolute Gasteiger partial charge is 0.497 e. The topological polar surface area (TPSA) is 71.5 Å². The third kappa shape index (κ3) is 4.68. The molecule has 0 radical (unpaired) electrons. The molecule has 30 heavy (non-hydrogen) atoms. The van der Waals surface area contributed by atoms with Crippen LogP contribution in [-0.4, -0.2) is 68.8 Å². The molecule has 1 amide bonds. The summed E-state index contributed by atoms with van der Waals surface area (Å²) in [6.45, 7) is 3.47. The van der Waals surface area contributed by atoms with Gasteiger partial charge in [0.25, 0.3) is 5.91 Å². The number of aliphatic hydroxyl groups is 1. The van der Waals surface area contributed by atoms with Gasteiger partial charge in [0.2, 0.25) is 0 Å². The fourth-order valence-electron chi connectivity index (χ4n) is 3.76. The Bertz CT molecular complexity index is 910. The van der Waals surface area contributed by atoms with E-state index < -0.39 is 5.60 Å². The monoisotopic (exact) mass is 414 g/mol. The van der Waals surface area contributed by atoms with Crippen molar-refractivity contribution in [1.82, 2.24) is 9.80 Å². The van der Waals surface area contributed by atoms with E-state index in [9.17, 15) is 9.90 Å². The van der Waals surface area contributed by atoms with Crippen LogP contribution in [0.5, 0.6) is 17.2 Å². The predicted octanol–water partition coefficient (Wildman–Crippen LogP) is 2.51. The van der Waals surface area contributed by atoms with Gasteiger partial charge in [-0.25, -0.2) is 0 Å². The molecule has 1 aliphatic heterocycles. The van der Waals surface area contributed by atoms with Gasteiger partial charge in [0.05, 0.1) is 31.9 Å². The maximum atomic E-state index is 13.3. The molecule has 0 saturated heterocycles. The highest BCUT2D eigenvalue weighted by molar-refractivity contribution is 5.97. The summed E-state index contributed by atoms with van der Waals surface area (Å²) >= 11 is 0. The minimum absolute atomic E-state index is 0.160. The van der Waals surface area contributed by atoms with Crippen LogP contribution in [-0.2, 0) is 12.1 Å². The lowest BCUT2D eigenvalue weighted by Crippen LogP contribution is -2.35. The minimum Gasteiger partial charge on any atom is -0.497 e. The maximum absolute atomic E-state index is 13.3. The van der Waals surface area contributed by atoms with Crippen LogP contribution < -0.4 is 14.2 Å². The molecule has 0 saturated carbocycles. The molecule has 0 aromatic heterocycles. The second kappa shape index (κ2) is 8.93. The van der Waals surface area contributed by atoms with E-state index in [2.05, 4.69) is 0 Å². The van der Waals surface area contributed by atoms with Crippen LogP contribution >= 0.6 is 0 Å². The van der Waals surface area contributed by atoms with Gasteiger partial charge in [-0.3, -0.25) is 4.79 Å². The van der Waals surface area contributed by atoms with Crippen LogP contribution in [0.3, 0.4) is 0 Å². The number of fused-ring (bicyclic) bond motifs is 1. The Hall–Kier alpha value is -2.77. The van der Waals surface area contributed by atoms with Crippen LogP contribution in [0.4, 0.5) is 0 Å². The summed E-state index contributed by atoms with van der Waals surface area (Å²) in [5.74, 6) is 1.65. The van der Waals surface area contributed by atoms with E-state index in [4.69, 9.17) is 14.2 Å². The number of ether oxygens (including phenoxy) is 3. The van der Waals surface area contributed by atoms with Crippen molar-refractivity contribution in [2.45, 2.75) is 19.1 Å². The highest BCUT2D eigenvalue weighted by atomic mass is 16.5. The first-order chi connectivity index (χ1) is 14.2. The zero-order valence-corrected chi connectivity index (χ0v) is 18.3. The number of rotatable bonds is 6. The Labute approximate surface area is 177 Å². The molecule has 1 N–H and O–H groups in total. The number of nitrogens with zero attached hydrogens (tertiary/aromatic N) is 2. The quantitative estimate of drug-likeness (QED) is 0.783. The highest BCUT2D eigenvalue weighted by Gasteiger charge is 2.28. The third-order valence-electron chi connectivity index (χ3n) is 5.21. The van der Waals surface area contributed by atoms with Crippen LogP contribution in [0, 0.1) is 0 Å². The van der Waals surface area contributed by atoms with Gasteiger partial charge in [0.15, 0.2) is 0 Å². The second-order valence-electron chi connectivity index (χ2n) is 7.98. The second-order valence-corrected chi connectivity index (χ2v) is 7.98. The summed E-state index contributed by atoms with van der Waals surface area (Å²) in [6.07, 6.45) is 0. The molecule has 1 unspecified atom stereocenters. The van der Waals surface area contributed by atoms with E-state index in [-0.39, 0.29) is 5.91 Å². The molecule has 0 bridgehead atoms. The lowest BCUT2D eigenvalue weighted by Gasteiger charge is -2.28. The molecule has 2 aromatic carbocycles. The van der Waals surface area contributed by atoms with Gasteiger partial charge in [-0.1, -0.05) is 6.07 Å². The summed E-state index contributed by atoms with van der Waals surface area (Å²) in [7, 11) is 6.94. The number of amides is 1. The van der Waals surface area contributed by atoms with E-state index in [1.165, 1.54) is 0 Å². The van der Waals surface area contributed by atoms with Gasteiger partial charge in [0, 0.05) is 18.7 Å². The van der Waals surface area contributed by atoms with Crippen LogP contribution in [0.15, 0.2) is 36.4 Å². The van der Waals surface area contributed by atoms with E-state index >= 15 is 0 Å². The molecule has 3 rings (SSSR count). The molecular formula is C23H30N2O5. The first-order valence-corrected chi connectivity index (χ1v) is 9.90. The van der Waals surface area contributed by atoms with Crippen molar-refractivity contribution in [2.75, 3.05) is 48.0 Å². The molecule has 1 aliphatic rings. The molecular weight excluding hydrogens is 384 g/mol. The normalized spacial score (nSPS) is 15.6. The van der Waals surface area contributed by atoms with Crippen molar-refractivity contribution >= 4 is 5.91 Å². The fraction of sp³-hybridized carbons (Fsp3) is 0.435. The van der Waals surface area contributed by atoms with Gasteiger partial charge in [-0.05, 0) is 56.9 Å². The third-order valence-corrected chi connectivity index (χ3v) is 5.21. The molecule has 2 aromatic rings. The van der Waals surface area contributed by atoms with Gasteiger partial charge in [-0.15, -0.1) is 0 Å². The highest BCUT2D eigenvalue weighted by Crippen LogP contribution is 2.31. The molecule has 0 aliphatic carbocycles. The van der Waals surface area contributed by atoms with Gasteiger partial charge >= 0.3 is 0 Å². The molecule has 0 spiro atoms. The lowest BCUT2D eigenvalue weighted by atomic mass is 9.93. The zero-order valence-electron chi connectivity index (χ0n) is 18.3. The van der Waals surface area contributed by atoms with Crippen molar-refractivity contribution in [2.24, 2.45) is 0 Å². The maximum Gasteiger partial charge on any atom is 0.258 e. The molecule has 7 nitrogen and oxygen atoms in total. The number of likely N-dealkylation sites (N-methyl/N-ethyl adjacent to an activating group) is 1. The van der Waals surface area contributed by atoms with Crippen molar-refractivity contribution < 1.29 is 24.1 Å². The average Bonchev–Trinajstić information content (AvgIpc) is 2.93. The van der Waals surface area contributed by atoms with Crippen molar-refractivity contribution in [3.05, 3.63) is 53.1 Å². The Morgan fingerprint density at radius 2 is 1.97 bits per heavy atom. The fourth-order valence-corrected chi connectivity index (χ4v) is 3.76. The standard InChI is InChI=1S/C23H30N2O5/c1-23(27,15-24(2)3)17-6-8-20-16(12-17)14-25(10-11-30-20)22(26)19-13-18(28-4)7-9-21(19)29-5/h6-9,12-13,27H,10-11,14-15H2,1-5H3. The minimum atomic E-state index is -1.02. The van der Waals surface area contributed by atoms with Crippen LogP contribution in [0.2, 0.25) is 0 Å². The molecule has 7 heteroatoms. The van der Waals surface area contributed by atoms with E-state index in [0.29, 0.717) is 43.3 Å². The van der Waals surface area contributed by atoms with Gasteiger partial charge in [-0.2, -0.15) is 0 Å². The summed E-state index contributed by atoms with van der Waals surface area (Å²) in [5, 5.41) is 10.9. The van der Waals surface area contributed by atoms with Crippen molar-refractivity contribution in [3.63, 3.8) is 0 Å². The number of carbonyl (C=O) groups is 1. The molecule has 1 atom stereocenters. The first-order valence-electron chi connectivity index (χ1n) is 9.90. The molecule has 0 fully saturated rings.